The Hall–Kier alpha value is -0.500. The lowest BCUT2D eigenvalue weighted by Crippen LogP contribution is -2.07. The Morgan fingerprint density at radius 2 is 1.58 bits per heavy atom. The number of hydrogen-bond acceptors (Lipinski definition) is 8. The highest BCUT2D eigenvalue weighted by molar-refractivity contribution is 8.76. The number of carbonyl (C=O) groups is 1. The van der Waals surface area contributed by atoms with Gasteiger partial charge < -0.3 is 23.4 Å². The van der Waals surface area contributed by atoms with Crippen molar-refractivity contribution < 1.29 is 28.2 Å². The summed E-state index contributed by atoms with van der Waals surface area (Å²) in [6, 6.07) is 5.98. The largest absolute Gasteiger partial charge is 0.508 e. The van der Waals surface area contributed by atoms with Gasteiger partial charge in [-0.1, -0.05) is 21.6 Å². The van der Waals surface area contributed by atoms with Gasteiger partial charge in [-0.15, -0.1) is 0 Å². The molecule has 6 nitrogen and oxygen atoms in total. The zero-order valence-electron chi connectivity index (χ0n) is 13.8. The molecule has 1 rings (SSSR count). The van der Waals surface area contributed by atoms with Gasteiger partial charge in [0, 0.05) is 11.5 Å². The minimum absolute atomic E-state index is 0.123. The lowest BCUT2D eigenvalue weighted by atomic mass is 10.2. The highest BCUT2D eigenvalue weighted by Crippen LogP contribution is 2.39. The summed E-state index contributed by atoms with van der Waals surface area (Å²) in [5, 5.41) is 9.17. The molecule has 0 amide bonds. The number of phenols is 1. The third-order valence-corrected chi connectivity index (χ3v) is 6.08. The highest BCUT2D eigenvalue weighted by atomic mass is 33.1. The van der Waals surface area contributed by atoms with Crippen molar-refractivity contribution >= 4 is 36.2 Å². The van der Waals surface area contributed by atoms with Crippen molar-refractivity contribution in [3.8, 4) is 5.75 Å². The van der Waals surface area contributed by atoms with Gasteiger partial charge >= 0.3 is 14.6 Å². The number of benzene rings is 1. The molecule has 0 aliphatic carbocycles. The number of aromatic hydroxyl groups is 1. The molecule has 0 unspecified atom stereocenters. The molecule has 1 N–H and O–H groups in total. The molecule has 0 fully saturated rings. The maximum atomic E-state index is 11.7. The fraction of sp³-hybridized carbons (Fsp3) is 0.533. The molecular weight excluding hydrogens is 371 g/mol. The van der Waals surface area contributed by atoms with Crippen LogP contribution >= 0.6 is 30.2 Å². The number of ether oxygens (including phenoxy) is 1. The van der Waals surface area contributed by atoms with E-state index in [0.29, 0.717) is 37.7 Å². The summed E-state index contributed by atoms with van der Waals surface area (Å²) < 4.78 is 21.3. The van der Waals surface area contributed by atoms with Crippen LogP contribution in [0.4, 0.5) is 0 Å². The van der Waals surface area contributed by atoms with Gasteiger partial charge in [0.15, 0.2) is 0 Å². The lowest BCUT2D eigenvalue weighted by Gasteiger charge is -2.14. The minimum Gasteiger partial charge on any atom is -0.508 e. The molecule has 0 heterocycles. The summed E-state index contributed by atoms with van der Waals surface area (Å²) in [5.74, 6) is 1.23. The first kappa shape index (κ1) is 21.5. The molecule has 0 aromatic heterocycles. The van der Waals surface area contributed by atoms with Crippen LogP contribution in [-0.4, -0.2) is 49.0 Å². The Morgan fingerprint density at radius 1 is 1.00 bits per heavy atom. The number of carbonyl (C=O) groups excluding carboxylic acids is 1. The van der Waals surface area contributed by atoms with E-state index in [9.17, 15) is 4.79 Å². The third kappa shape index (κ3) is 9.71. The molecule has 0 aliphatic rings. The van der Waals surface area contributed by atoms with Crippen molar-refractivity contribution in [3.63, 3.8) is 0 Å². The third-order valence-electron chi connectivity index (χ3n) is 2.42. The second-order valence-electron chi connectivity index (χ2n) is 4.22. The van der Waals surface area contributed by atoms with Crippen LogP contribution in [0.3, 0.4) is 0 Å². The highest BCUT2D eigenvalue weighted by Gasteiger charge is 2.10. The first-order chi connectivity index (χ1) is 11.7. The van der Waals surface area contributed by atoms with E-state index in [1.165, 1.54) is 24.3 Å². The van der Waals surface area contributed by atoms with E-state index >= 15 is 0 Å². The van der Waals surface area contributed by atoms with Crippen molar-refractivity contribution in [2.75, 3.05) is 37.9 Å². The number of rotatable bonds is 13. The summed E-state index contributed by atoms with van der Waals surface area (Å²) in [5.41, 5.74) is 0.430. The first-order valence-electron chi connectivity index (χ1n) is 7.56. The second-order valence-corrected chi connectivity index (χ2v) is 8.14. The summed E-state index contributed by atoms with van der Waals surface area (Å²) >= 11 is 0. The predicted molar refractivity (Wildman–Crippen MR) is 99.4 cm³/mol. The molecule has 0 saturated heterocycles. The number of hydrogen-bond donors (Lipinski definition) is 1. The normalized spacial score (nSPS) is 11.0. The van der Waals surface area contributed by atoms with Gasteiger partial charge in [-0.3, -0.25) is 0 Å². The van der Waals surface area contributed by atoms with Gasteiger partial charge in [0.1, 0.15) is 12.4 Å². The Morgan fingerprint density at radius 3 is 2.17 bits per heavy atom. The van der Waals surface area contributed by atoms with Crippen LogP contribution in [0.1, 0.15) is 24.2 Å². The van der Waals surface area contributed by atoms with E-state index in [2.05, 4.69) is 0 Å². The summed E-state index contributed by atoms with van der Waals surface area (Å²) in [6.07, 6.45) is 0. The van der Waals surface area contributed by atoms with E-state index in [1.54, 1.807) is 21.6 Å². The van der Waals surface area contributed by atoms with Crippen molar-refractivity contribution in [3.05, 3.63) is 29.8 Å². The quantitative estimate of drug-likeness (QED) is 0.230. The van der Waals surface area contributed by atoms with Gasteiger partial charge in [-0.25, -0.2) is 4.79 Å². The molecule has 0 aliphatic heterocycles. The molecule has 0 atom stereocenters. The SMILES string of the molecule is CCOP(OCC)OCCSSCCOC(=O)c1ccc(O)cc1. The molecule has 0 saturated carbocycles. The van der Waals surface area contributed by atoms with E-state index < -0.39 is 8.60 Å². The minimum atomic E-state index is -1.23. The van der Waals surface area contributed by atoms with Crippen LogP contribution < -0.4 is 0 Å². The molecule has 0 bridgehead atoms. The average molecular weight is 394 g/mol. The van der Waals surface area contributed by atoms with Crippen molar-refractivity contribution in [1.29, 1.82) is 0 Å². The Kier molecular flexibility index (Phi) is 12.3. The smallest absolute Gasteiger partial charge is 0.338 e. The topological polar surface area (TPSA) is 74.2 Å². The number of esters is 1. The zero-order chi connectivity index (χ0) is 17.6. The molecule has 9 heteroatoms. The van der Waals surface area contributed by atoms with E-state index in [-0.39, 0.29) is 11.7 Å². The van der Waals surface area contributed by atoms with Crippen LogP contribution in [-0.2, 0) is 18.3 Å². The van der Waals surface area contributed by atoms with Gasteiger partial charge in [0.2, 0.25) is 0 Å². The standard InChI is InChI=1S/C15H23O6PS2/c1-3-19-22(20-4-2)21-10-12-24-23-11-9-18-15(17)13-5-7-14(16)8-6-13/h5-8,16H,3-4,9-12H2,1-2H3. The van der Waals surface area contributed by atoms with Crippen molar-refractivity contribution in [1.82, 2.24) is 0 Å². The van der Waals surface area contributed by atoms with Crippen LogP contribution in [0, 0.1) is 0 Å². The summed E-state index contributed by atoms with van der Waals surface area (Å²) in [4.78, 5) is 11.7. The molecule has 1 aromatic carbocycles. The van der Waals surface area contributed by atoms with Gasteiger partial charge in [0.05, 0.1) is 25.4 Å². The maximum Gasteiger partial charge on any atom is 0.338 e. The van der Waals surface area contributed by atoms with Crippen molar-refractivity contribution in [2.45, 2.75) is 13.8 Å². The average Bonchev–Trinajstić information content (AvgIpc) is 2.58. The Labute approximate surface area is 152 Å². The van der Waals surface area contributed by atoms with Gasteiger partial charge in [-0.2, -0.15) is 0 Å². The molecule has 1 aromatic rings. The van der Waals surface area contributed by atoms with Gasteiger partial charge in [-0.05, 0) is 38.1 Å². The monoisotopic (exact) mass is 394 g/mol. The first-order valence-corrected chi connectivity index (χ1v) is 11.1. The Balaban J connectivity index is 2.02. The molecule has 136 valence electrons. The molecule has 0 radical (unpaired) electrons. The summed E-state index contributed by atoms with van der Waals surface area (Å²) in [7, 11) is 2.03. The fourth-order valence-electron chi connectivity index (χ4n) is 1.44. The van der Waals surface area contributed by atoms with Crippen LogP contribution in [0.5, 0.6) is 5.75 Å². The molecule has 24 heavy (non-hydrogen) atoms. The second kappa shape index (κ2) is 13.8. The summed E-state index contributed by atoms with van der Waals surface area (Å²) in [6.45, 7) is 5.84. The molecular formula is C15H23O6PS2. The predicted octanol–water partition coefficient (Wildman–Crippen LogP) is 4.25. The van der Waals surface area contributed by atoms with Crippen molar-refractivity contribution in [2.24, 2.45) is 0 Å². The number of phenolic OH excluding ortho intramolecular Hbond substituents is 1. The van der Waals surface area contributed by atoms with Crippen LogP contribution in [0.15, 0.2) is 24.3 Å². The van der Waals surface area contributed by atoms with Crippen LogP contribution in [0.25, 0.3) is 0 Å². The van der Waals surface area contributed by atoms with E-state index in [4.69, 9.17) is 23.4 Å². The van der Waals surface area contributed by atoms with Gasteiger partial charge in [0.25, 0.3) is 0 Å². The Bertz CT molecular complexity index is 454. The van der Waals surface area contributed by atoms with E-state index in [0.717, 1.165) is 5.75 Å². The lowest BCUT2D eigenvalue weighted by molar-refractivity contribution is 0.0530. The maximum absolute atomic E-state index is 11.7. The molecule has 0 spiro atoms. The van der Waals surface area contributed by atoms with E-state index in [1.807, 2.05) is 13.8 Å². The zero-order valence-corrected chi connectivity index (χ0v) is 16.3. The fourth-order valence-corrected chi connectivity index (χ4v) is 4.10. The van der Waals surface area contributed by atoms with Crippen LogP contribution in [0.2, 0.25) is 0 Å².